The van der Waals surface area contributed by atoms with Crippen molar-refractivity contribution in [3.05, 3.63) is 70.7 Å². The van der Waals surface area contributed by atoms with Crippen molar-refractivity contribution >= 4 is 49.6 Å². The number of fused-ring (bicyclic) bond motifs is 2. The molecule has 0 amide bonds. The lowest BCUT2D eigenvalue weighted by Gasteiger charge is -2.42. The molecule has 1 aliphatic heterocycles. The van der Waals surface area contributed by atoms with Crippen molar-refractivity contribution in [2.75, 3.05) is 31.1 Å². The maximum Gasteiger partial charge on any atom is 0.0936 e. The highest BCUT2D eigenvalue weighted by molar-refractivity contribution is 7.17. The van der Waals surface area contributed by atoms with Crippen LogP contribution in [0.2, 0.25) is 5.02 Å². The summed E-state index contributed by atoms with van der Waals surface area (Å²) in [6.45, 7) is 4.33. The van der Waals surface area contributed by atoms with E-state index in [1.165, 1.54) is 41.5 Å². The number of rotatable bonds is 3. The lowest BCUT2D eigenvalue weighted by molar-refractivity contribution is 0.141. The molecule has 2 fully saturated rings. The Kier molecular flexibility index (Phi) is 5.54. The Morgan fingerprint density at radius 2 is 1.72 bits per heavy atom. The molecule has 2 aliphatic rings. The second-order valence-corrected chi connectivity index (χ2v) is 10.6. The predicted molar refractivity (Wildman–Crippen MR) is 137 cm³/mol. The molecule has 3 heterocycles. The Bertz CT molecular complexity index is 1240. The van der Waals surface area contributed by atoms with E-state index >= 15 is 0 Å². The minimum absolute atomic E-state index is 0.729. The third-order valence-electron chi connectivity index (χ3n) is 7.47. The molecule has 164 valence electrons. The van der Waals surface area contributed by atoms with Crippen LogP contribution in [-0.2, 0) is 0 Å². The van der Waals surface area contributed by atoms with Crippen molar-refractivity contribution in [3.63, 3.8) is 0 Å². The molecule has 2 aromatic heterocycles. The highest BCUT2D eigenvalue weighted by Gasteiger charge is 2.30. The Balaban J connectivity index is 1.10. The molecule has 32 heavy (non-hydrogen) atoms. The molecule has 0 atom stereocenters. The number of halogens is 1. The van der Waals surface area contributed by atoms with E-state index in [-0.39, 0.29) is 0 Å². The van der Waals surface area contributed by atoms with Gasteiger partial charge in [-0.05, 0) is 72.2 Å². The molecule has 0 bridgehead atoms. The molecule has 0 spiro atoms. The third-order valence-corrected chi connectivity index (χ3v) is 8.67. The number of piperazine rings is 1. The molecule has 0 N–H and O–H groups in total. The maximum atomic E-state index is 6.42. The summed E-state index contributed by atoms with van der Waals surface area (Å²) in [7, 11) is 0. The van der Waals surface area contributed by atoms with Crippen molar-refractivity contribution < 1.29 is 0 Å². The summed E-state index contributed by atoms with van der Waals surface area (Å²) >= 11 is 8.33. The number of aromatic nitrogens is 1. The standard InChI is InChI=1S/C27H28ClN3S/c28-21-16-20-4-3-11-29-27(20)25(17-21)31-14-12-30(13-15-31)22-9-7-19(8-10-22)24-18-32-26-6-2-1-5-23(24)26/h1-6,11,16-19,22H,7-10,12-15H2/t19-,22-. The number of nitrogens with zero attached hydrogens (tertiary/aromatic N) is 3. The van der Waals surface area contributed by atoms with Crippen LogP contribution < -0.4 is 4.90 Å². The van der Waals surface area contributed by atoms with E-state index in [9.17, 15) is 0 Å². The van der Waals surface area contributed by atoms with Crippen molar-refractivity contribution in [2.45, 2.75) is 37.6 Å². The van der Waals surface area contributed by atoms with Gasteiger partial charge in [0.2, 0.25) is 0 Å². The van der Waals surface area contributed by atoms with Gasteiger partial charge in [-0.1, -0.05) is 35.9 Å². The normalized spacial score (nSPS) is 22.6. The Labute approximate surface area is 198 Å². The first-order valence-corrected chi connectivity index (χ1v) is 13.0. The van der Waals surface area contributed by atoms with E-state index in [0.29, 0.717) is 0 Å². The van der Waals surface area contributed by atoms with Crippen LogP contribution in [0.3, 0.4) is 0 Å². The second-order valence-electron chi connectivity index (χ2n) is 9.22. The molecule has 1 saturated carbocycles. The Morgan fingerprint density at radius 3 is 2.56 bits per heavy atom. The zero-order valence-corrected chi connectivity index (χ0v) is 19.8. The molecule has 2 aromatic carbocycles. The van der Waals surface area contributed by atoms with E-state index in [0.717, 1.165) is 54.1 Å². The number of benzene rings is 2. The molecule has 4 aromatic rings. The maximum absolute atomic E-state index is 6.42. The van der Waals surface area contributed by atoms with Crippen LogP contribution in [0.1, 0.15) is 37.2 Å². The number of anilines is 1. The van der Waals surface area contributed by atoms with Crippen molar-refractivity contribution in [2.24, 2.45) is 0 Å². The molecule has 3 nitrogen and oxygen atoms in total. The zero-order valence-electron chi connectivity index (χ0n) is 18.2. The van der Waals surface area contributed by atoms with Crippen LogP contribution >= 0.6 is 22.9 Å². The lowest BCUT2D eigenvalue weighted by atomic mass is 9.81. The van der Waals surface area contributed by atoms with E-state index in [1.807, 2.05) is 29.7 Å². The number of hydrogen-bond acceptors (Lipinski definition) is 4. The van der Waals surface area contributed by atoms with Crippen molar-refractivity contribution in [1.29, 1.82) is 0 Å². The average Bonchev–Trinajstić information content (AvgIpc) is 3.28. The molecular formula is C27H28ClN3S. The number of hydrogen-bond donors (Lipinski definition) is 0. The van der Waals surface area contributed by atoms with Gasteiger partial charge in [-0.25, -0.2) is 0 Å². The largest absolute Gasteiger partial charge is 0.367 e. The fraction of sp³-hybridized carbons (Fsp3) is 0.370. The SMILES string of the molecule is Clc1cc(N2CCN([C@H]3CC[C@H](c4csc5ccccc54)CC3)CC2)c2ncccc2c1. The van der Waals surface area contributed by atoms with Crippen LogP contribution in [-0.4, -0.2) is 42.1 Å². The molecule has 5 heteroatoms. The lowest BCUT2D eigenvalue weighted by Crippen LogP contribution is -2.51. The van der Waals surface area contributed by atoms with Gasteiger partial charge in [0.05, 0.1) is 11.2 Å². The summed E-state index contributed by atoms with van der Waals surface area (Å²) in [5.74, 6) is 0.729. The van der Waals surface area contributed by atoms with Gasteiger partial charge in [0.1, 0.15) is 0 Å². The Morgan fingerprint density at radius 1 is 0.906 bits per heavy atom. The predicted octanol–water partition coefficient (Wildman–Crippen LogP) is 6.95. The highest BCUT2D eigenvalue weighted by Crippen LogP contribution is 2.40. The summed E-state index contributed by atoms with van der Waals surface area (Å²) in [4.78, 5) is 9.86. The van der Waals surface area contributed by atoms with Crippen LogP contribution in [0.5, 0.6) is 0 Å². The quantitative estimate of drug-likeness (QED) is 0.329. The minimum atomic E-state index is 0.729. The fourth-order valence-corrected chi connectivity index (χ4v) is 7.04. The van der Waals surface area contributed by atoms with Crippen LogP contribution in [0.25, 0.3) is 21.0 Å². The Hall–Kier alpha value is -2.14. The minimum Gasteiger partial charge on any atom is -0.367 e. The first kappa shape index (κ1) is 20.5. The van der Waals surface area contributed by atoms with Gasteiger partial charge in [0.15, 0.2) is 0 Å². The van der Waals surface area contributed by atoms with Gasteiger partial charge in [-0.3, -0.25) is 9.88 Å². The molecule has 6 rings (SSSR count). The smallest absolute Gasteiger partial charge is 0.0936 e. The van der Waals surface area contributed by atoms with E-state index in [4.69, 9.17) is 11.6 Å². The summed E-state index contributed by atoms with van der Waals surface area (Å²) in [5.41, 5.74) is 3.84. The van der Waals surface area contributed by atoms with Gasteiger partial charge in [-0.15, -0.1) is 11.3 Å². The van der Waals surface area contributed by atoms with Gasteiger partial charge < -0.3 is 4.90 Å². The second kappa shape index (κ2) is 8.66. The average molecular weight is 462 g/mol. The van der Waals surface area contributed by atoms with E-state index < -0.39 is 0 Å². The van der Waals surface area contributed by atoms with E-state index in [1.54, 1.807) is 5.56 Å². The number of pyridine rings is 1. The first-order valence-electron chi connectivity index (χ1n) is 11.8. The topological polar surface area (TPSA) is 19.4 Å². The molecule has 0 radical (unpaired) electrons. The summed E-state index contributed by atoms with van der Waals surface area (Å²) in [6, 6.07) is 17.8. The van der Waals surface area contributed by atoms with Crippen LogP contribution in [0.4, 0.5) is 5.69 Å². The van der Waals surface area contributed by atoms with Crippen LogP contribution in [0.15, 0.2) is 60.1 Å². The van der Waals surface area contributed by atoms with Gasteiger partial charge >= 0.3 is 0 Å². The molecule has 1 saturated heterocycles. The molecular weight excluding hydrogens is 434 g/mol. The van der Waals surface area contributed by atoms with Gasteiger partial charge in [0, 0.05) is 53.5 Å². The van der Waals surface area contributed by atoms with Crippen molar-refractivity contribution in [1.82, 2.24) is 9.88 Å². The van der Waals surface area contributed by atoms with Crippen LogP contribution in [0, 0.1) is 0 Å². The summed E-state index contributed by atoms with van der Waals surface area (Å²) < 4.78 is 1.43. The fourth-order valence-electron chi connectivity index (χ4n) is 5.77. The highest BCUT2D eigenvalue weighted by atomic mass is 35.5. The van der Waals surface area contributed by atoms with Gasteiger partial charge in [-0.2, -0.15) is 0 Å². The van der Waals surface area contributed by atoms with Gasteiger partial charge in [0.25, 0.3) is 0 Å². The monoisotopic (exact) mass is 461 g/mol. The zero-order chi connectivity index (χ0) is 21.5. The number of thiophene rings is 1. The van der Waals surface area contributed by atoms with Crippen molar-refractivity contribution in [3.8, 4) is 0 Å². The molecule has 1 aliphatic carbocycles. The summed E-state index contributed by atoms with van der Waals surface area (Å²) in [6.07, 6.45) is 7.14. The third kappa shape index (κ3) is 3.79. The van der Waals surface area contributed by atoms with E-state index in [2.05, 4.69) is 56.6 Å². The summed E-state index contributed by atoms with van der Waals surface area (Å²) in [5, 5.41) is 5.81. The molecule has 0 unspecified atom stereocenters. The first-order chi connectivity index (χ1) is 15.8.